The van der Waals surface area contributed by atoms with Crippen molar-refractivity contribution in [3.8, 4) is 0 Å². The van der Waals surface area contributed by atoms with E-state index >= 15 is 0 Å². The van der Waals surface area contributed by atoms with Crippen molar-refractivity contribution >= 4 is 27.8 Å². The number of ether oxygens (including phenoxy) is 1. The molecule has 0 aliphatic heterocycles. The first-order valence-electron chi connectivity index (χ1n) is 8.08. The van der Waals surface area contributed by atoms with E-state index in [-0.39, 0.29) is 5.41 Å². The second-order valence-corrected chi connectivity index (χ2v) is 6.70. The van der Waals surface area contributed by atoms with Crippen LogP contribution in [0.3, 0.4) is 0 Å². The molecule has 0 bridgehead atoms. The predicted octanol–water partition coefficient (Wildman–Crippen LogP) is 3.62. The molecule has 3 aromatic rings. The third-order valence-corrected chi connectivity index (χ3v) is 4.21. The summed E-state index contributed by atoms with van der Waals surface area (Å²) in [5.41, 5.74) is 8.96. The lowest BCUT2D eigenvalue weighted by Crippen LogP contribution is -2.21. The fourth-order valence-corrected chi connectivity index (χ4v) is 2.96. The number of rotatable bonds is 6. The maximum Gasteiger partial charge on any atom is 0.152 e. The number of anilines is 1. The van der Waals surface area contributed by atoms with E-state index < -0.39 is 0 Å². The molecule has 0 fully saturated rings. The average molecular weight is 312 g/mol. The van der Waals surface area contributed by atoms with E-state index in [1.807, 2.05) is 31.5 Å². The molecular formula is C18H24N4O. The van der Waals surface area contributed by atoms with Crippen molar-refractivity contribution in [2.45, 2.75) is 33.7 Å². The van der Waals surface area contributed by atoms with Gasteiger partial charge in [-0.1, -0.05) is 32.0 Å². The molecule has 5 nitrogen and oxygen atoms in total. The van der Waals surface area contributed by atoms with Gasteiger partial charge in [-0.3, -0.25) is 0 Å². The Morgan fingerprint density at radius 3 is 2.83 bits per heavy atom. The Morgan fingerprint density at radius 2 is 2.04 bits per heavy atom. The first-order valence-corrected chi connectivity index (χ1v) is 8.08. The summed E-state index contributed by atoms with van der Waals surface area (Å²) in [6.45, 7) is 8.94. The lowest BCUT2D eigenvalue weighted by Gasteiger charge is -2.25. The van der Waals surface area contributed by atoms with Crippen LogP contribution in [-0.2, 0) is 11.3 Å². The molecule has 0 spiro atoms. The predicted molar refractivity (Wildman–Crippen MR) is 94.3 cm³/mol. The number of para-hydroxylation sites is 1. The van der Waals surface area contributed by atoms with E-state index in [4.69, 9.17) is 10.5 Å². The molecule has 0 saturated carbocycles. The summed E-state index contributed by atoms with van der Waals surface area (Å²) < 4.78 is 7.71. The maximum absolute atomic E-state index is 6.09. The van der Waals surface area contributed by atoms with Gasteiger partial charge in [0.15, 0.2) is 5.82 Å². The number of aromatic nitrogens is 3. The molecule has 0 saturated heterocycles. The number of fused-ring (bicyclic) bond motifs is 3. The normalized spacial score (nSPS) is 12.3. The zero-order valence-electron chi connectivity index (χ0n) is 14.0. The Bertz CT molecular complexity index is 822. The minimum atomic E-state index is 0.113. The Hall–Kier alpha value is -2.14. The molecule has 0 aliphatic carbocycles. The molecule has 0 unspecified atom stereocenters. The lowest BCUT2D eigenvalue weighted by molar-refractivity contribution is 0.108. The first-order chi connectivity index (χ1) is 11.0. The zero-order chi connectivity index (χ0) is 16.4. The molecule has 3 rings (SSSR count). The number of nitrogen functional groups attached to an aromatic ring is 1. The topological polar surface area (TPSA) is 66.0 Å². The van der Waals surface area contributed by atoms with Crippen LogP contribution in [0.1, 0.15) is 27.2 Å². The highest BCUT2D eigenvalue weighted by atomic mass is 16.5. The number of pyridine rings is 1. The van der Waals surface area contributed by atoms with Gasteiger partial charge in [-0.15, -0.1) is 0 Å². The van der Waals surface area contributed by atoms with Gasteiger partial charge in [-0.05, 0) is 24.8 Å². The number of imidazole rings is 1. The van der Waals surface area contributed by atoms with Crippen LogP contribution in [0.15, 0.2) is 30.6 Å². The first kappa shape index (κ1) is 15.7. The van der Waals surface area contributed by atoms with Gasteiger partial charge in [0.2, 0.25) is 0 Å². The molecule has 1 aromatic carbocycles. The van der Waals surface area contributed by atoms with Crippen LogP contribution < -0.4 is 5.73 Å². The lowest BCUT2D eigenvalue weighted by atomic mass is 9.89. The van der Waals surface area contributed by atoms with Crippen molar-refractivity contribution in [1.82, 2.24) is 14.5 Å². The van der Waals surface area contributed by atoms with Crippen LogP contribution in [0.5, 0.6) is 0 Å². The largest absolute Gasteiger partial charge is 0.382 e. The summed E-state index contributed by atoms with van der Waals surface area (Å²) in [6, 6.07) is 8.07. The SMILES string of the molecule is CCOCCC(C)(C)Cn1cnc2c(N)nc3ccccc3c21. The smallest absolute Gasteiger partial charge is 0.152 e. The van der Waals surface area contributed by atoms with Gasteiger partial charge in [0, 0.05) is 25.1 Å². The number of benzene rings is 1. The van der Waals surface area contributed by atoms with Crippen molar-refractivity contribution in [2.24, 2.45) is 5.41 Å². The summed E-state index contributed by atoms with van der Waals surface area (Å²) in [4.78, 5) is 8.95. The summed E-state index contributed by atoms with van der Waals surface area (Å²) in [7, 11) is 0. The van der Waals surface area contributed by atoms with E-state index in [1.165, 1.54) is 0 Å². The van der Waals surface area contributed by atoms with Crippen molar-refractivity contribution in [1.29, 1.82) is 0 Å². The van der Waals surface area contributed by atoms with Crippen LogP contribution in [0.2, 0.25) is 0 Å². The Labute approximate surface area is 136 Å². The van der Waals surface area contributed by atoms with E-state index in [9.17, 15) is 0 Å². The number of hydrogen-bond donors (Lipinski definition) is 1. The van der Waals surface area contributed by atoms with Crippen molar-refractivity contribution in [3.05, 3.63) is 30.6 Å². The van der Waals surface area contributed by atoms with Crippen LogP contribution in [0.4, 0.5) is 5.82 Å². The number of nitrogens with zero attached hydrogens (tertiary/aromatic N) is 3. The molecule has 0 aliphatic rings. The minimum Gasteiger partial charge on any atom is -0.382 e. The van der Waals surface area contributed by atoms with E-state index in [0.29, 0.717) is 5.82 Å². The Kier molecular flexibility index (Phi) is 4.22. The summed E-state index contributed by atoms with van der Waals surface area (Å²) >= 11 is 0. The van der Waals surface area contributed by atoms with Gasteiger partial charge in [0.25, 0.3) is 0 Å². The number of nitrogens with two attached hydrogens (primary N) is 1. The second kappa shape index (κ2) is 6.16. The molecule has 122 valence electrons. The van der Waals surface area contributed by atoms with Gasteiger partial charge < -0.3 is 15.0 Å². The molecular weight excluding hydrogens is 288 g/mol. The third kappa shape index (κ3) is 3.15. The van der Waals surface area contributed by atoms with Gasteiger partial charge >= 0.3 is 0 Å². The molecule has 2 heterocycles. The van der Waals surface area contributed by atoms with Crippen molar-refractivity contribution < 1.29 is 4.74 Å². The average Bonchev–Trinajstić information content (AvgIpc) is 2.91. The quantitative estimate of drug-likeness (QED) is 0.706. The zero-order valence-corrected chi connectivity index (χ0v) is 14.0. The van der Waals surface area contributed by atoms with Crippen LogP contribution >= 0.6 is 0 Å². The molecule has 0 amide bonds. The molecule has 0 atom stereocenters. The Morgan fingerprint density at radius 1 is 1.26 bits per heavy atom. The van der Waals surface area contributed by atoms with E-state index in [0.717, 1.165) is 48.1 Å². The van der Waals surface area contributed by atoms with Crippen LogP contribution in [0.25, 0.3) is 21.9 Å². The molecule has 2 N–H and O–H groups in total. The fraction of sp³-hybridized carbons (Fsp3) is 0.444. The highest BCUT2D eigenvalue weighted by Gasteiger charge is 2.21. The monoisotopic (exact) mass is 312 g/mol. The Balaban J connectivity index is 2.01. The number of hydrogen-bond acceptors (Lipinski definition) is 4. The van der Waals surface area contributed by atoms with E-state index in [1.54, 1.807) is 0 Å². The third-order valence-electron chi connectivity index (χ3n) is 4.21. The van der Waals surface area contributed by atoms with Gasteiger partial charge in [-0.25, -0.2) is 9.97 Å². The molecule has 23 heavy (non-hydrogen) atoms. The van der Waals surface area contributed by atoms with Gasteiger partial charge in [-0.2, -0.15) is 0 Å². The van der Waals surface area contributed by atoms with Gasteiger partial charge in [0.05, 0.1) is 17.4 Å². The van der Waals surface area contributed by atoms with Gasteiger partial charge in [0.1, 0.15) is 5.52 Å². The standard InChI is InChI=1S/C18H24N4O/c1-4-23-10-9-18(2,3)11-22-12-20-15-16(22)13-7-5-6-8-14(13)21-17(15)19/h5-8,12H,4,9-11H2,1-3H3,(H2,19,21). The fourth-order valence-electron chi connectivity index (χ4n) is 2.96. The minimum absolute atomic E-state index is 0.113. The van der Waals surface area contributed by atoms with Crippen LogP contribution in [0, 0.1) is 5.41 Å². The maximum atomic E-state index is 6.09. The molecule has 5 heteroatoms. The highest BCUT2D eigenvalue weighted by molar-refractivity contribution is 6.06. The van der Waals surface area contributed by atoms with Crippen LogP contribution in [-0.4, -0.2) is 27.7 Å². The summed E-state index contributed by atoms with van der Waals surface area (Å²) in [6.07, 6.45) is 2.87. The summed E-state index contributed by atoms with van der Waals surface area (Å²) in [5.74, 6) is 0.490. The highest BCUT2D eigenvalue weighted by Crippen LogP contribution is 2.30. The van der Waals surface area contributed by atoms with E-state index in [2.05, 4.69) is 34.4 Å². The molecule has 2 aromatic heterocycles. The van der Waals surface area contributed by atoms with Crippen molar-refractivity contribution in [3.63, 3.8) is 0 Å². The second-order valence-electron chi connectivity index (χ2n) is 6.70. The summed E-state index contributed by atoms with van der Waals surface area (Å²) in [5, 5.41) is 1.09. The van der Waals surface area contributed by atoms with Crippen molar-refractivity contribution in [2.75, 3.05) is 18.9 Å². The molecule has 0 radical (unpaired) electrons.